The van der Waals surface area contributed by atoms with Crippen molar-refractivity contribution in [3.05, 3.63) is 33.3 Å². The SMILES string of the molecule is NCCC(O)c1ccc(Br)cc1Cl. The molecule has 1 unspecified atom stereocenters. The van der Waals surface area contributed by atoms with Crippen molar-refractivity contribution in [2.45, 2.75) is 12.5 Å². The fourth-order valence-corrected chi connectivity index (χ4v) is 1.88. The molecule has 0 saturated heterocycles. The normalized spacial score (nSPS) is 12.9. The first-order valence-corrected chi connectivity index (χ1v) is 5.15. The van der Waals surface area contributed by atoms with Gasteiger partial charge in [0.25, 0.3) is 0 Å². The van der Waals surface area contributed by atoms with Crippen LogP contribution in [-0.2, 0) is 0 Å². The Kier molecular flexibility index (Phi) is 4.19. The van der Waals surface area contributed by atoms with Crippen molar-refractivity contribution in [2.75, 3.05) is 6.54 Å². The van der Waals surface area contributed by atoms with Crippen molar-refractivity contribution in [1.82, 2.24) is 0 Å². The summed E-state index contributed by atoms with van der Waals surface area (Å²) in [6.07, 6.45) is -0.0351. The van der Waals surface area contributed by atoms with Crippen molar-refractivity contribution in [3.63, 3.8) is 0 Å². The monoisotopic (exact) mass is 263 g/mol. The average molecular weight is 265 g/mol. The van der Waals surface area contributed by atoms with Gasteiger partial charge in [0.2, 0.25) is 0 Å². The highest BCUT2D eigenvalue weighted by molar-refractivity contribution is 9.10. The first-order chi connectivity index (χ1) is 6.15. The number of nitrogens with two attached hydrogens (primary N) is 1. The van der Waals surface area contributed by atoms with Crippen LogP contribution in [0.2, 0.25) is 5.02 Å². The molecule has 0 saturated carbocycles. The number of aliphatic hydroxyl groups is 1. The Labute approximate surface area is 90.8 Å². The lowest BCUT2D eigenvalue weighted by Gasteiger charge is -2.11. The maximum atomic E-state index is 9.61. The molecule has 3 N–H and O–H groups in total. The second-order valence-electron chi connectivity index (χ2n) is 2.76. The third kappa shape index (κ3) is 2.95. The molecule has 72 valence electrons. The van der Waals surface area contributed by atoms with Crippen molar-refractivity contribution in [2.24, 2.45) is 5.73 Å². The minimum Gasteiger partial charge on any atom is -0.388 e. The minimum atomic E-state index is -0.564. The molecule has 1 aromatic carbocycles. The molecule has 4 heteroatoms. The smallest absolute Gasteiger partial charge is 0.0816 e. The quantitative estimate of drug-likeness (QED) is 0.881. The van der Waals surface area contributed by atoms with Gasteiger partial charge in [-0.05, 0) is 30.7 Å². The van der Waals surface area contributed by atoms with E-state index < -0.39 is 6.10 Å². The van der Waals surface area contributed by atoms with Gasteiger partial charge in [0.05, 0.1) is 6.10 Å². The molecule has 0 aromatic heterocycles. The van der Waals surface area contributed by atoms with Gasteiger partial charge >= 0.3 is 0 Å². The van der Waals surface area contributed by atoms with E-state index in [0.717, 1.165) is 10.0 Å². The molecule has 0 amide bonds. The molecule has 0 aliphatic rings. The van der Waals surface area contributed by atoms with Crippen LogP contribution in [-0.4, -0.2) is 11.7 Å². The van der Waals surface area contributed by atoms with Crippen LogP contribution in [0.25, 0.3) is 0 Å². The van der Waals surface area contributed by atoms with E-state index in [1.54, 1.807) is 12.1 Å². The summed E-state index contributed by atoms with van der Waals surface area (Å²) in [7, 11) is 0. The summed E-state index contributed by atoms with van der Waals surface area (Å²) < 4.78 is 0.904. The van der Waals surface area contributed by atoms with Crippen LogP contribution < -0.4 is 5.73 Å². The summed E-state index contributed by atoms with van der Waals surface area (Å²) in [5.74, 6) is 0. The second kappa shape index (κ2) is 4.96. The van der Waals surface area contributed by atoms with Gasteiger partial charge in [-0.25, -0.2) is 0 Å². The molecule has 0 aliphatic carbocycles. The van der Waals surface area contributed by atoms with Gasteiger partial charge in [-0.15, -0.1) is 0 Å². The number of hydrogen-bond acceptors (Lipinski definition) is 2. The van der Waals surface area contributed by atoms with E-state index in [1.807, 2.05) is 6.07 Å². The maximum Gasteiger partial charge on any atom is 0.0816 e. The van der Waals surface area contributed by atoms with Crippen LogP contribution in [0.5, 0.6) is 0 Å². The number of rotatable bonds is 3. The molecule has 0 radical (unpaired) electrons. The van der Waals surface area contributed by atoms with E-state index in [0.29, 0.717) is 18.0 Å². The zero-order valence-electron chi connectivity index (χ0n) is 7.00. The molecule has 1 rings (SSSR count). The maximum absolute atomic E-state index is 9.61. The van der Waals surface area contributed by atoms with Gasteiger partial charge in [-0.1, -0.05) is 33.6 Å². The van der Waals surface area contributed by atoms with Crippen LogP contribution in [0.3, 0.4) is 0 Å². The average Bonchev–Trinajstić information content (AvgIpc) is 2.04. The Morgan fingerprint density at radius 1 is 1.54 bits per heavy atom. The van der Waals surface area contributed by atoms with E-state index in [9.17, 15) is 5.11 Å². The largest absolute Gasteiger partial charge is 0.388 e. The van der Waals surface area contributed by atoms with Crippen LogP contribution >= 0.6 is 27.5 Å². The number of benzene rings is 1. The van der Waals surface area contributed by atoms with Gasteiger partial charge in [0, 0.05) is 9.50 Å². The van der Waals surface area contributed by atoms with Crippen LogP contribution in [0.4, 0.5) is 0 Å². The van der Waals surface area contributed by atoms with E-state index in [4.69, 9.17) is 17.3 Å². The van der Waals surface area contributed by atoms with E-state index >= 15 is 0 Å². The first kappa shape index (κ1) is 11.0. The molecule has 2 nitrogen and oxygen atoms in total. The summed E-state index contributed by atoms with van der Waals surface area (Å²) in [5, 5.41) is 10.2. The highest BCUT2D eigenvalue weighted by Gasteiger charge is 2.10. The lowest BCUT2D eigenvalue weighted by Crippen LogP contribution is -2.06. The predicted molar refractivity (Wildman–Crippen MR) is 57.8 cm³/mol. The van der Waals surface area contributed by atoms with Crippen molar-refractivity contribution in [3.8, 4) is 0 Å². The van der Waals surface area contributed by atoms with Gasteiger partial charge in [-0.3, -0.25) is 0 Å². The highest BCUT2D eigenvalue weighted by atomic mass is 79.9. The predicted octanol–water partition coefficient (Wildman–Crippen LogP) is 2.48. The summed E-state index contributed by atoms with van der Waals surface area (Å²) in [6, 6.07) is 5.41. The molecular weight excluding hydrogens is 253 g/mol. The molecule has 0 spiro atoms. The molecule has 0 aliphatic heterocycles. The Morgan fingerprint density at radius 3 is 2.77 bits per heavy atom. The number of aliphatic hydroxyl groups excluding tert-OH is 1. The van der Waals surface area contributed by atoms with Gasteiger partial charge in [0.15, 0.2) is 0 Å². The first-order valence-electron chi connectivity index (χ1n) is 3.98. The molecule has 1 aromatic rings. The Hall–Kier alpha value is -0.0900. The zero-order valence-corrected chi connectivity index (χ0v) is 9.35. The van der Waals surface area contributed by atoms with Crippen LogP contribution in [0, 0.1) is 0 Å². The summed E-state index contributed by atoms with van der Waals surface area (Å²) >= 11 is 9.22. The van der Waals surface area contributed by atoms with Crippen LogP contribution in [0.1, 0.15) is 18.1 Å². The Balaban J connectivity index is 2.88. The highest BCUT2D eigenvalue weighted by Crippen LogP contribution is 2.27. The van der Waals surface area contributed by atoms with Crippen molar-refractivity contribution >= 4 is 27.5 Å². The van der Waals surface area contributed by atoms with Gasteiger partial charge in [-0.2, -0.15) is 0 Å². The van der Waals surface area contributed by atoms with Crippen LogP contribution in [0.15, 0.2) is 22.7 Å². The van der Waals surface area contributed by atoms with E-state index in [2.05, 4.69) is 15.9 Å². The van der Waals surface area contributed by atoms with E-state index in [-0.39, 0.29) is 0 Å². The molecule has 0 heterocycles. The van der Waals surface area contributed by atoms with E-state index in [1.165, 1.54) is 0 Å². The molecule has 0 fully saturated rings. The fourth-order valence-electron chi connectivity index (χ4n) is 1.09. The Morgan fingerprint density at radius 2 is 2.23 bits per heavy atom. The van der Waals surface area contributed by atoms with Crippen molar-refractivity contribution in [1.29, 1.82) is 0 Å². The zero-order chi connectivity index (χ0) is 9.84. The third-order valence-corrected chi connectivity index (χ3v) is 2.58. The minimum absolute atomic E-state index is 0.452. The number of halogens is 2. The van der Waals surface area contributed by atoms with Gasteiger partial charge < -0.3 is 10.8 Å². The summed E-state index contributed by atoms with van der Waals surface area (Å²) in [5.41, 5.74) is 6.07. The molecular formula is C9H11BrClNO. The molecule has 1 atom stereocenters. The Bertz CT molecular complexity index is 293. The third-order valence-electron chi connectivity index (χ3n) is 1.76. The molecule has 13 heavy (non-hydrogen) atoms. The summed E-state index contributed by atoms with van der Waals surface area (Å²) in [4.78, 5) is 0. The second-order valence-corrected chi connectivity index (χ2v) is 4.08. The lowest BCUT2D eigenvalue weighted by molar-refractivity contribution is 0.170. The topological polar surface area (TPSA) is 46.2 Å². The van der Waals surface area contributed by atoms with Crippen molar-refractivity contribution < 1.29 is 5.11 Å². The van der Waals surface area contributed by atoms with Gasteiger partial charge in [0.1, 0.15) is 0 Å². The molecule has 0 bridgehead atoms. The summed E-state index contributed by atoms with van der Waals surface area (Å²) in [6.45, 7) is 0.452. The lowest BCUT2D eigenvalue weighted by atomic mass is 10.1. The fraction of sp³-hybridized carbons (Fsp3) is 0.333. The number of hydrogen-bond donors (Lipinski definition) is 2. The standard InChI is InChI=1S/C9H11BrClNO/c10-6-1-2-7(8(11)5-6)9(13)3-4-12/h1-2,5,9,13H,3-4,12H2.